The standard InChI is InChI=1S/C19H23N3O2S/c1-12-21-18(20-10-13(11-23)9-14-5-4-8-24-14)17-15-6-2-3-7-16(15)25-19(17)22-12/h4-5,8,13,23H,2-3,6-7,9-11H2,1H3,(H,20,21,22)/t13-/m0/s1. The normalized spacial score (nSPS) is 15.3. The van der Waals surface area contributed by atoms with E-state index in [1.165, 1.54) is 28.7 Å². The minimum atomic E-state index is 0.0888. The molecule has 0 amide bonds. The fraction of sp³-hybridized carbons (Fsp3) is 0.474. The van der Waals surface area contributed by atoms with Gasteiger partial charge in [0.1, 0.15) is 22.2 Å². The predicted octanol–water partition coefficient (Wildman–Crippen LogP) is 3.73. The SMILES string of the molecule is Cc1nc(NC[C@@H](CO)Cc2ccco2)c2c3c(sc2n1)CCCC3. The van der Waals surface area contributed by atoms with E-state index in [0.29, 0.717) is 13.0 Å². The number of aryl methyl sites for hydroxylation is 3. The Morgan fingerprint density at radius 3 is 3.00 bits per heavy atom. The summed E-state index contributed by atoms with van der Waals surface area (Å²) in [5.41, 5.74) is 1.43. The zero-order valence-corrected chi connectivity index (χ0v) is 15.2. The fourth-order valence-electron chi connectivity index (χ4n) is 3.55. The second kappa shape index (κ2) is 7.14. The summed E-state index contributed by atoms with van der Waals surface area (Å²) >= 11 is 1.82. The van der Waals surface area contributed by atoms with Crippen molar-refractivity contribution in [3.63, 3.8) is 0 Å². The molecule has 3 aromatic heterocycles. The van der Waals surface area contributed by atoms with Crippen molar-refractivity contribution in [2.24, 2.45) is 5.92 Å². The van der Waals surface area contributed by atoms with Gasteiger partial charge in [-0.3, -0.25) is 0 Å². The smallest absolute Gasteiger partial charge is 0.138 e. The number of aliphatic hydroxyl groups excluding tert-OH is 1. The number of anilines is 1. The van der Waals surface area contributed by atoms with Crippen molar-refractivity contribution in [2.45, 2.75) is 39.0 Å². The average Bonchev–Trinajstić information content (AvgIpc) is 3.25. The molecule has 1 aliphatic carbocycles. The molecule has 1 aliphatic rings. The Hall–Kier alpha value is -1.92. The lowest BCUT2D eigenvalue weighted by molar-refractivity contribution is 0.226. The number of nitrogens with one attached hydrogen (secondary N) is 1. The minimum absolute atomic E-state index is 0.0888. The third-order valence-corrected chi connectivity index (χ3v) is 6.00. The first kappa shape index (κ1) is 16.5. The van der Waals surface area contributed by atoms with Crippen molar-refractivity contribution in [2.75, 3.05) is 18.5 Å². The van der Waals surface area contributed by atoms with Crippen LogP contribution in [-0.2, 0) is 19.3 Å². The maximum atomic E-state index is 9.71. The maximum Gasteiger partial charge on any atom is 0.138 e. The molecule has 3 heterocycles. The van der Waals surface area contributed by atoms with Crippen molar-refractivity contribution in [1.29, 1.82) is 0 Å². The lowest BCUT2D eigenvalue weighted by atomic mass is 9.97. The molecule has 0 saturated heterocycles. The van der Waals surface area contributed by atoms with Crippen molar-refractivity contribution >= 4 is 27.4 Å². The van der Waals surface area contributed by atoms with Crippen LogP contribution in [0.4, 0.5) is 5.82 Å². The van der Waals surface area contributed by atoms with E-state index in [1.54, 1.807) is 6.26 Å². The van der Waals surface area contributed by atoms with Gasteiger partial charge >= 0.3 is 0 Å². The average molecular weight is 357 g/mol. The Balaban J connectivity index is 1.58. The summed E-state index contributed by atoms with van der Waals surface area (Å²) in [4.78, 5) is 11.9. The molecule has 0 unspecified atom stereocenters. The molecule has 132 valence electrons. The molecule has 3 aromatic rings. The molecular formula is C19H23N3O2S. The first-order valence-electron chi connectivity index (χ1n) is 8.90. The van der Waals surface area contributed by atoms with Crippen molar-refractivity contribution in [1.82, 2.24) is 9.97 Å². The quantitative estimate of drug-likeness (QED) is 0.703. The highest BCUT2D eigenvalue weighted by Crippen LogP contribution is 2.38. The number of fused-ring (bicyclic) bond motifs is 3. The maximum absolute atomic E-state index is 9.71. The van der Waals surface area contributed by atoms with Gasteiger partial charge in [0.05, 0.1) is 11.6 Å². The lowest BCUT2D eigenvalue weighted by Crippen LogP contribution is -2.21. The van der Waals surface area contributed by atoms with Gasteiger partial charge < -0.3 is 14.8 Å². The van der Waals surface area contributed by atoms with Crippen LogP contribution in [0.15, 0.2) is 22.8 Å². The van der Waals surface area contributed by atoms with Crippen LogP contribution in [0.3, 0.4) is 0 Å². The van der Waals surface area contributed by atoms with Crippen LogP contribution in [0.1, 0.15) is 34.9 Å². The summed E-state index contributed by atoms with van der Waals surface area (Å²) in [6, 6.07) is 3.83. The van der Waals surface area contributed by atoms with Crippen LogP contribution in [0.2, 0.25) is 0 Å². The third kappa shape index (κ3) is 3.41. The van der Waals surface area contributed by atoms with Gasteiger partial charge in [-0.25, -0.2) is 9.97 Å². The molecule has 25 heavy (non-hydrogen) atoms. The Labute approximate surface area is 151 Å². The zero-order valence-electron chi connectivity index (χ0n) is 14.4. The molecular weight excluding hydrogens is 334 g/mol. The number of furan rings is 1. The monoisotopic (exact) mass is 357 g/mol. The number of aliphatic hydroxyl groups is 1. The topological polar surface area (TPSA) is 71.2 Å². The van der Waals surface area contributed by atoms with E-state index in [2.05, 4.69) is 15.3 Å². The van der Waals surface area contributed by atoms with E-state index in [-0.39, 0.29) is 12.5 Å². The summed E-state index contributed by atoms with van der Waals surface area (Å²) in [6.07, 6.45) is 7.17. The van der Waals surface area contributed by atoms with Crippen molar-refractivity contribution < 1.29 is 9.52 Å². The molecule has 2 N–H and O–H groups in total. The van der Waals surface area contributed by atoms with Crippen LogP contribution >= 0.6 is 11.3 Å². The summed E-state index contributed by atoms with van der Waals surface area (Å²) < 4.78 is 5.41. The highest BCUT2D eigenvalue weighted by molar-refractivity contribution is 7.19. The number of rotatable bonds is 6. The minimum Gasteiger partial charge on any atom is -0.469 e. The first-order valence-corrected chi connectivity index (χ1v) is 9.72. The van der Waals surface area contributed by atoms with Gasteiger partial charge in [-0.1, -0.05) is 0 Å². The Morgan fingerprint density at radius 1 is 1.32 bits per heavy atom. The Bertz CT molecular complexity index is 857. The van der Waals surface area contributed by atoms with Crippen LogP contribution in [0.25, 0.3) is 10.2 Å². The van der Waals surface area contributed by atoms with Crippen molar-refractivity contribution in [3.8, 4) is 0 Å². The van der Waals surface area contributed by atoms with E-state index in [1.807, 2.05) is 30.4 Å². The van der Waals surface area contributed by atoms with E-state index in [4.69, 9.17) is 4.42 Å². The van der Waals surface area contributed by atoms with Crippen LogP contribution in [0, 0.1) is 12.8 Å². The van der Waals surface area contributed by atoms with Gasteiger partial charge in [-0.2, -0.15) is 0 Å². The van der Waals surface area contributed by atoms with Crippen molar-refractivity contribution in [3.05, 3.63) is 40.4 Å². The van der Waals surface area contributed by atoms with Crippen LogP contribution < -0.4 is 5.32 Å². The second-order valence-corrected chi connectivity index (χ2v) is 7.81. The molecule has 0 aromatic carbocycles. The van der Waals surface area contributed by atoms with Gasteiger partial charge in [0.25, 0.3) is 0 Å². The number of nitrogens with zero attached hydrogens (tertiary/aromatic N) is 2. The number of aromatic nitrogens is 2. The first-order chi connectivity index (χ1) is 12.2. The van der Waals surface area contributed by atoms with E-state index >= 15 is 0 Å². The summed E-state index contributed by atoms with van der Waals surface area (Å²) in [6.45, 7) is 2.71. The number of hydrogen-bond acceptors (Lipinski definition) is 6. The largest absolute Gasteiger partial charge is 0.469 e. The molecule has 0 radical (unpaired) electrons. The van der Waals surface area contributed by atoms with Crippen LogP contribution in [-0.4, -0.2) is 28.2 Å². The number of thiophene rings is 1. The van der Waals surface area contributed by atoms with Gasteiger partial charge in [-0.05, 0) is 50.3 Å². The molecule has 0 spiro atoms. The molecule has 1 atom stereocenters. The second-order valence-electron chi connectivity index (χ2n) is 6.72. The summed E-state index contributed by atoms with van der Waals surface area (Å²) in [5.74, 6) is 2.70. The molecule has 0 bridgehead atoms. The van der Waals surface area contributed by atoms with Gasteiger partial charge in [0, 0.05) is 30.4 Å². The Kier molecular flexibility index (Phi) is 4.72. The highest BCUT2D eigenvalue weighted by atomic mass is 32.1. The Morgan fingerprint density at radius 2 is 2.20 bits per heavy atom. The highest BCUT2D eigenvalue weighted by Gasteiger charge is 2.21. The summed E-state index contributed by atoms with van der Waals surface area (Å²) in [7, 11) is 0. The molecule has 6 heteroatoms. The third-order valence-electron chi connectivity index (χ3n) is 4.81. The van der Waals surface area contributed by atoms with Gasteiger partial charge in [-0.15, -0.1) is 11.3 Å². The molecule has 0 aliphatic heterocycles. The van der Waals surface area contributed by atoms with Gasteiger partial charge in [0.15, 0.2) is 0 Å². The predicted molar refractivity (Wildman–Crippen MR) is 100 cm³/mol. The molecule has 0 saturated carbocycles. The van der Waals surface area contributed by atoms with E-state index in [0.717, 1.165) is 35.1 Å². The zero-order chi connectivity index (χ0) is 17.2. The van der Waals surface area contributed by atoms with Crippen LogP contribution in [0.5, 0.6) is 0 Å². The molecule has 0 fully saturated rings. The molecule has 4 rings (SSSR count). The fourth-order valence-corrected chi connectivity index (χ4v) is 4.85. The van der Waals surface area contributed by atoms with E-state index < -0.39 is 0 Å². The van der Waals surface area contributed by atoms with E-state index in [9.17, 15) is 5.11 Å². The molecule has 5 nitrogen and oxygen atoms in total. The lowest BCUT2D eigenvalue weighted by Gasteiger charge is -2.16. The number of hydrogen-bond donors (Lipinski definition) is 2. The summed E-state index contributed by atoms with van der Waals surface area (Å²) in [5, 5.41) is 14.4. The van der Waals surface area contributed by atoms with Gasteiger partial charge in [0.2, 0.25) is 0 Å².